The van der Waals surface area contributed by atoms with E-state index in [-0.39, 0.29) is 5.78 Å². The average molecular weight is 344 g/mol. The van der Waals surface area contributed by atoms with Crippen molar-refractivity contribution in [3.8, 4) is 11.8 Å². The van der Waals surface area contributed by atoms with Gasteiger partial charge in [-0.15, -0.1) is 0 Å². The molecule has 0 spiro atoms. The zero-order valence-corrected chi connectivity index (χ0v) is 13.1. The SMILES string of the molecule is CCOc1ccccc1C(=O)C(C#N)c1ccc(Br)cc1. The molecule has 2 rings (SSSR count). The Kier molecular flexibility index (Phi) is 5.13. The van der Waals surface area contributed by atoms with Gasteiger partial charge in [0.15, 0.2) is 5.78 Å². The van der Waals surface area contributed by atoms with Crippen LogP contribution < -0.4 is 4.74 Å². The van der Waals surface area contributed by atoms with Gasteiger partial charge in [-0.1, -0.05) is 40.2 Å². The fraction of sp³-hybridized carbons (Fsp3) is 0.176. The molecule has 0 aliphatic carbocycles. The second kappa shape index (κ2) is 7.05. The lowest BCUT2D eigenvalue weighted by atomic mass is 9.91. The number of benzene rings is 2. The minimum atomic E-state index is -0.834. The molecule has 0 aliphatic rings. The van der Waals surface area contributed by atoms with Gasteiger partial charge in [-0.05, 0) is 36.8 Å². The molecule has 4 heteroatoms. The molecule has 0 aromatic heterocycles. The topological polar surface area (TPSA) is 50.1 Å². The van der Waals surface area contributed by atoms with Crippen LogP contribution in [0.1, 0.15) is 28.8 Å². The number of carbonyl (C=O) groups excluding carboxylic acids is 1. The van der Waals surface area contributed by atoms with E-state index in [1.807, 2.05) is 25.1 Å². The molecule has 0 N–H and O–H groups in total. The highest BCUT2D eigenvalue weighted by Crippen LogP contribution is 2.27. The van der Waals surface area contributed by atoms with Crippen LogP contribution in [-0.4, -0.2) is 12.4 Å². The number of rotatable bonds is 5. The largest absolute Gasteiger partial charge is 0.493 e. The average Bonchev–Trinajstić information content (AvgIpc) is 2.50. The number of para-hydroxylation sites is 1. The molecule has 3 nitrogen and oxygen atoms in total. The molecule has 0 amide bonds. The van der Waals surface area contributed by atoms with Gasteiger partial charge in [-0.3, -0.25) is 4.79 Å². The van der Waals surface area contributed by atoms with Gasteiger partial charge >= 0.3 is 0 Å². The maximum Gasteiger partial charge on any atom is 0.188 e. The molecule has 1 unspecified atom stereocenters. The highest BCUT2D eigenvalue weighted by atomic mass is 79.9. The van der Waals surface area contributed by atoms with E-state index in [2.05, 4.69) is 22.0 Å². The van der Waals surface area contributed by atoms with E-state index in [0.717, 1.165) is 4.47 Å². The predicted octanol–water partition coefficient (Wildman–Crippen LogP) is 4.34. The second-order valence-electron chi connectivity index (χ2n) is 4.41. The number of carbonyl (C=O) groups is 1. The molecule has 0 fully saturated rings. The van der Waals surface area contributed by atoms with Crippen molar-refractivity contribution in [1.82, 2.24) is 0 Å². The van der Waals surface area contributed by atoms with Crippen molar-refractivity contribution in [3.05, 3.63) is 64.1 Å². The summed E-state index contributed by atoms with van der Waals surface area (Å²) in [6.45, 7) is 2.33. The maximum absolute atomic E-state index is 12.6. The Balaban J connectivity index is 2.37. The highest BCUT2D eigenvalue weighted by Gasteiger charge is 2.24. The molecule has 0 radical (unpaired) electrons. The van der Waals surface area contributed by atoms with Crippen molar-refractivity contribution in [3.63, 3.8) is 0 Å². The second-order valence-corrected chi connectivity index (χ2v) is 5.32. The Labute approximate surface area is 132 Å². The number of ether oxygens (including phenoxy) is 1. The van der Waals surface area contributed by atoms with E-state index < -0.39 is 5.92 Å². The van der Waals surface area contributed by atoms with Gasteiger partial charge in [0.2, 0.25) is 0 Å². The van der Waals surface area contributed by atoms with Crippen LogP contribution in [0.5, 0.6) is 5.75 Å². The normalized spacial score (nSPS) is 11.5. The quantitative estimate of drug-likeness (QED) is 0.758. The standard InChI is InChI=1S/C17H14BrNO2/c1-2-21-16-6-4-3-5-14(16)17(20)15(11-19)12-7-9-13(18)10-8-12/h3-10,15H,2H2,1H3. The van der Waals surface area contributed by atoms with E-state index >= 15 is 0 Å². The monoisotopic (exact) mass is 343 g/mol. The zero-order valence-electron chi connectivity index (χ0n) is 11.5. The summed E-state index contributed by atoms with van der Waals surface area (Å²) in [5, 5.41) is 9.38. The molecule has 106 valence electrons. The summed E-state index contributed by atoms with van der Waals surface area (Å²) in [6.07, 6.45) is 0. The molecule has 0 saturated heterocycles. The van der Waals surface area contributed by atoms with Crippen molar-refractivity contribution in [2.75, 3.05) is 6.61 Å². The number of nitrogens with zero attached hydrogens (tertiary/aromatic N) is 1. The lowest BCUT2D eigenvalue weighted by Crippen LogP contribution is -2.13. The lowest BCUT2D eigenvalue weighted by molar-refractivity contribution is 0.0975. The minimum Gasteiger partial charge on any atom is -0.493 e. The molecule has 2 aromatic carbocycles. The third-order valence-corrected chi connectivity index (χ3v) is 3.58. The van der Waals surface area contributed by atoms with E-state index in [1.54, 1.807) is 30.3 Å². The Morgan fingerprint density at radius 3 is 2.52 bits per heavy atom. The molecule has 0 aliphatic heterocycles. The van der Waals surface area contributed by atoms with Crippen molar-refractivity contribution in [2.24, 2.45) is 0 Å². The predicted molar refractivity (Wildman–Crippen MR) is 84.4 cm³/mol. The van der Waals surface area contributed by atoms with Gasteiger partial charge in [0, 0.05) is 4.47 Å². The Hall–Kier alpha value is -2.12. The first-order chi connectivity index (χ1) is 10.2. The summed E-state index contributed by atoms with van der Waals surface area (Å²) in [5.74, 6) is -0.564. The van der Waals surface area contributed by atoms with Crippen molar-refractivity contribution < 1.29 is 9.53 Å². The van der Waals surface area contributed by atoms with Crippen LogP contribution in [0, 0.1) is 11.3 Å². The fourth-order valence-electron chi connectivity index (χ4n) is 2.05. The Morgan fingerprint density at radius 1 is 1.24 bits per heavy atom. The third kappa shape index (κ3) is 3.50. The third-order valence-electron chi connectivity index (χ3n) is 3.05. The zero-order chi connectivity index (χ0) is 15.2. The van der Waals surface area contributed by atoms with Crippen molar-refractivity contribution in [2.45, 2.75) is 12.8 Å². The summed E-state index contributed by atoms with van der Waals surface area (Å²) >= 11 is 3.34. The summed E-state index contributed by atoms with van der Waals surface area (Å²) in [5.41, 5.74) is 1.12. The van der Waals surface area contributed by atoms with Crippen LogP contribution in [0.4, 0.5) is 0 Å². The van der Waals surface area contributed by atoms with E-state index in [4.69, 9.17) is 4.74 Å². The smallest absolute Gasteiger partial charge is 0.188 e. The maximum atomic E-state index is 12.6. The first-order valence-electron chi connectivity index (χ1n) is 6.58. The van der Waals surface area contributed by atoms with Gasteiger partial charge in [0.05, 0.1) is 18.2 Å². The lowest BCUT2D eigenvalue weighted by Gasteiger charge is -2.12. The van der Waals surface area contributed by atoms with Crippen LogP contribution in [0.15, 0.2) is 53.0 Å². The highest BCUT2D eigenvalue weighted by molar-refractivity contribution is 9.10. The molecule has 0 bridgehead atoms. The van der Waals surface area contributed by atoms with Crippen LogP contribution >= 0.6 is 15.9 Å². The number of ketones is 1. The van der Waals surface area contributed by atoms with Crippen LogP contribution in [0.2, 0.25) is 0 Å². The molecule has 1 atom stereocenters. The van der Waals surface area contributed by atoms with E-state index in [0.29, 0.717) is 23.5 Å². The minimum absolute atomic E-state index is 0.246. The number of nitriles is 1. The van der Waals surface area contributed by atoms with Gasteiger partial charge in [-0.25, -0.2) is 0 Å². The Bertz CT molecular complexity index is 674. The Morgan fingerprint density at radius 2 is 1.90 bits per heavy atom. The number of hydrogen-bond acceptors (Lipinski definition) is 3. The molecule has 21 heavy (non-hydrogen) atoms. The molecular weight excluding hydrogens is 330 g/mol. The van der Waals surface area contributed by atoms with Crippen molar-refractivity contribution in [1.29, 1.82) is 5.26 Å². The molecule has 0 saturated carbocycles. The number of hydrogen-bond donors (Lipinski definition) is 0. The van der Waals surface area contributed by atoms with Gasteiger partial charge in [0.25, 0.3) is 0 Å². The summed E-state index contributed by atoms with van der Waals surface area (Å²) in [7, 11) is 0. The summed E-state index contributed by atoms with van der Waals surface area (Å²) in [6, 6.07) is 16.3. The van der Waals surface area contributed by atoms with Crippen LogP contribution in [0.3, 0.4) is 0 Å². The first-order valence-corrected chi connectivity index (χ1v) is 7.37. The molecule has 2 aromatic rings. The summed E-state index contributed by atoms with van der Waals surface area (Å²) in [4.78, 5) is 12.6. The molecule has 0 heterocycles. The van der Waals surface area contributed by atoms with Crippen molar-refractivity contribution >= 4 is 21.7 Å². The number of halogens is 1. The van der Waals surface area contributed by atoms with E-state index in [9.17, 15) is 10.1 Å². The number of Topliss-reactive ketones (excluding diaryl/α,β-unsaturated/α-hetero) is 1. The van der Waals surface area contributed by atoms with Gasteiger partial charge in [0.1, 0.15) is 11.7 Å². The molecular formula is C17H14BrNO2. The van der Waals surface area contributed by atoms with Gasteiger partial charge in [-0.2, -0.15) is 5.26 Å². The van der Waals surface area contributed by atoms with Gasteiger partial charge < -0.3 is 4.74 Å². The van der Waals surface area contributed by atoms with Crippen LogP contribution in [0.25, 0.3) is 0 Å². The van der Waals surface area contributed by atoms with E-state index in [1.165, 1.54) is 0 Å². The fourth-order valence-corrected chi connectivity index (χ4v) is 2.31. The summed E-state index contributed by atoms with van der Waals surface area (Å²) < 4.78 is 6.38. The van der Waals surface area contributed by atoms with Crippen LogP contribution in [-0.2, 0) is 0 Å². The first kappa shape index (κ1) is 15.3.